The largest absolute Gasteiger partial charge is 0.445 e. The summed E-state index contributed by atoms with van der Waals surface area (Å²) in [6, 6.07) is 10.3. The molecule has 1 saturated heterocycles. The van der Waals surface area contributed by atoms with E-state index in [9.17, 15) is 40.0 Å². The number of aliphatic hydroxyl groups excluding tert-OH is 2. The summed E-state index contributed by atoms with van der Waals surface area (Å²) in [6.07, 6.45) is -3.25. The van der Waals surface area contributed by atoms with Crippen LogP contribution in [0.3, 0.4) is 0 Å². The fourth-order valence-corrected chi connectivity index (χ4v) is 3.79. The lowest BCUT2D eigenvalue weighted by molar-refractivity contribution is -0.385. The third kappa shape index (κ3) is 7.85. The number of β-amino-alcohol motifs (C(OH)–C–C–N with tert-alkyl or cyclic N) is 1. The van der Waals surface area contributed by atoms with Gasteiger partial charge in [-0.2, -0.15) is 0 Å². The Kier molecular flexibility index (Phi) is 9.29. The summed E-state index contributed by atoms with van der Waals surface area (Å²) in [4.78, 5) is 46.0. The predicted molar refractivity (Wildman–Crippen MR) is 126 cm³/mol. The monoisotopic (exact) mass is 518 g/mol. The maximum atomic E-state index is 12.6. The first-order valence-electron chi connectivity index (χ1n) is 11.3. The highest BCUT2D eigenvalue weighted by Crippen LogP contribution is 2.24. The normalized spacial score (nSPS) is 17.6. The number of carbonyl (C=O) groups excluding carboxylic acids is 2. The Morgan fingerprint density at radius 1 is 0.973 bits per heavy atom. The third-order valence-electron chi connectivity index (χ3n) is 5.74. The molecule has 0 spiro atoms. The molecule has 1 fully saturated rings. The molecule has 3 N–H and O–H groups in total. The summed E-state index contributed by atoms with van der Waals surface area (Å²) >= 11 is 0. The van der Waals surface area contributed by atoms with Gasteiger partial charge in [-0.3, -0.25) is 25.1 Å². The molecule has 0 radical (unpaired) electrons. The smallest absolute Gasteiger partial charge is 0.410 e. The van der Waals surface area contributed by atoms with E-state index in [1.807, 2.05) is 0 Å². The number of benzene rings is 2. The van der Waals surface area contributed by atoms with Crippen LogP contribution in [0.25, 0.3) is 0 Å². The minimum absolute atomic E-state index is 0.0263. The summed E-state index contributed by atoms with van der Waals surface area (Å²) in [5.74, 6) is 0. The standard InChI is InChI=1S/C23H26N4O10/c28-19-11-20(25(12-19)23(31)37-14-16-3-7-18(8-4-16)27(34)35)21(29)9-10-24-22(30)36-13-15-1-5-17(6-2-15)26(32)33/h1-8,19-21,28-29H,9-14H2,(H,24,30)/t19-,20+,21-/m1/s1. The van der Waals surface area contributed by atoms with Crippen molar-refractivity contribution in [3.63, 3.8) is 0 Å². The number of aliphatic hydroxyl groups is 2. The van der Waals surface area contributed by atoms with Crippen LogP contribution in [-0.4, -0.2) is 68.5 Å². The molecule has 2 aromatic carbocycles. The minimum Gasteiger partial charge on any atom is -0.445 e. The molecular formula is C23H26N4O10. The lowest BCUT2D eigenvalue weighted by Gasteiger charge is -2.27. The molecule has 2 amide bonds. The summed E-state index contributed by atoms with van der Waals surface area (Å²) < 4.78 is 10.3. The van der Waals surface area contributed by atoms with Crippen LogP contribution in [0.5, 0.6) is 0 Å². The molecule has 0 bridgehead atoms. The van der Waals surface area contributed by atoms with Crippen LogP contribution in [0.1, 0.15) is 24.0 Å². The maximum Gasteiger partial charge on any atom is 0.410 e. The molecule has 0 saturated carbocycles. The molecule has 3 rings (SSSR count). The lowest BCUT2D eigenvalue weighted by atomic mass is 10.0. The highest BCUT2D eigenvalue weighted by Gasteiger charge is 2.39. The van der Waals surface area contributed by atoms with Crippen LogP contribution in [0.15, 0.2) is 48.5 Å². The van der Waals surface area contributed by atoms with Gasteiger partial charge in [0.15, 0.2) is 0 Å². The Balaban J connectivity index is 1.42. The molecule has 0 aliphatic carbocycles. The van der Waals surface area contributed by atoms with Gasteiger partial charge in [-0.25, -0.2) is 9.59 Å². The van der Waals surface area contributed by atoms with Gasteiger partial charge in [-0.1, -0.05) is 0 Å². The van der Waals surface area contributed by atoms with Crippen LogP contribution in [-0.2, 0) is 22.7 Å². The van der Waals surface area contributed by atoms with Crippen LogP contribution < -0.4 is 5.32 Å². The van der Waals surface area contributed by atoms with E-state index in [2.05, 4.69) is 5.32 Å². The van der Waals surface area contributed by atoms with Crippen molar-refractivity contribution in [1.82, 2.24) is 10.2 Å². The summed E-state index contributed by atoms with van der Waals surface area (Å²) in [5.41, 5.74) is 0.920. The number of amides is 2. The van der Waals surface area contributed by atoms with Gasteiger partial charge in [0.1, 0.15) is 13.2 Å². The van der Waals surface area contributed by atoms with Crippen molar-refractivity contribution in [3.8, 4) is 0 Å². The number of alkyl carbamates (subject to hydrolysis) is 1. The Labute approximate surface area is 210 Å². The van der Waals surface area contributed by atoms with Crippen molar-refractivity contribution < 1.29 is 39.1 Å². The van der Waals surface area contributed by atoms with Crippen molar-refractivity contribution in [2.75, 3.05) is 13.1 Å². The van der Waals surface area contributed by atoms with Gasteiger partial charge in [0, 0.05) is 30.8 Å². The van der Waals surface area contributed by atoms with Crippen molar-refractivity contribution in [2.24, 2.45) is 0 Å². The number of hydrogen-bond donors (Lipinski definition) is 3. The number of rotatable bonds is 10. The number of nitrogens with zero attached hydrogens (tertiary/aromatic N) is 3. The van der Waals surface area contributed by atoms with E-state index in [0.29, 0.717) is 11.1 Å². The Morgan fingerprint density at radius 2 is 1.49 bits per heavy atom. The first kappa shape index (κ1) is 27.3. The summed E-state index contributed by atoms with van der Waals surface area (Å²) in [5, 5.41) is 44.5. The van der Waals surface area contributed by atoms with E-state index in [-0.39, 0.29) is 50.5 Å². The van der Waals surface area contributed by atoms with Gasteiger partial charge in [-0.05, 0) is 48.2 Å². The van der Waals surface area contributed by atoms with Crippen LogP contribution >= 0.6 is 0 Å². The van der Waals surface area contributed by atoms with Gasteiger partial charge in [0.05, 0.1) is 34.6 Å². The molecule has 14 nitrogen and oxygen atoms in total. The number of likely N-dealkylation sites (tertiary alicyclic amines) is 1. The molecule has 1 aliphatic rings. The highest BCUT2D eigenvalue weighted by atomic mass is 16.6. The number of nitro benzene ring substituents is 2. The van der Waals surface area contributed by atoms with Crippen molar-refractivity contribution >= 4 is 23.6 Å². The highest BCUT2D eigenvalue weighted by molar-refractivity contribution is 5.69. The molecule has 198 valence electrons. The van der Waals surface area contributed by atoms with Crippen LogP contribution in [0.2, 0.25) is 0 Å². The van der Waals surface area contributed by atoms with Crippen molar-refractivity contribution in [3.05, 3.63) is 79.9 Å². The van der Waals surface area contributed by atoms with Crippen molar-refractivity contribution in [1.29, 1.82) is 0 Å². The first-order valence-corrected chi connectivity index (χ1v) is 11.3. The van der Waals surface area contributed by atoms with E-state index in [0.717, 1.165) is 0 Å². The zero-order valence-electron chi connectivity index (χ0n) is 19.6. The quantitative estimate of drug-likeness (QED) is 0.310. The maximum absolute atomic E-state index is 12.6. The average molecular weight is 518 g/mol. The van der Waals surface area contributed by atoms with Gasteiger partial charge in [0.2, 0.25) is 0 Å². The second-order valence-electron chi connectivity index (χ2n) is 8.37. The zero-order chi connectivity index (χ0) is 26.9. The molecule has 1 aliphatic heterocycles. The van der Waals surface area contributed by atoms with E-state index in [4.69, 9.17) is 9.47 Å². The van der Waals surface area contributed by atoms with E-state index in [1.165, 1.54) is 53.4 Å². The minimum atomic E-state index is -1.07. The fraction of sp³-hybridized carbons (Fsp3) is 0.391. The molecule has 14 heteroatoms. The molecule has 1 heterocycles. The van der Waals surface area contributed by atoms with Gasteiger partial charge in [0.25, 0.3) is 11.4 Å². The molecule has 0 unspecified atom stereocenters. The van der Waals surface area contributed by atoms with Gasteiger partial charge < -0.3 is 25.0 Å². The summed E-state index contributed by atoms with van der Waals surface area (Å²) in [6.45, 7) is -0.256. The van der Waals surface area contributed by atoms with Gasteiger partial charge in [-0.15, -0.1) is 0 Å². The summed E-state index contributed by atoms with van der Waals surface area (Å²) in [7, 11) is 0. The van der Waals surface area contributed by atoms with E-state index >= 15 is 0 Å². The lowest BCUT2D eigenvalue weighted by Crippen LogP contribution is -2.44. The Hall–Kier alpha value is -4.30. The second kappa shape index (κ2) is 12.6. The molecule has 2 aromatic rings. The fourth-order valence-electron chi connectivity index (χ4n) is 3.79. The van der Waals surface area contributed by atoms with E-state index in [1.54, 1.807) is 0 Å². The number of non-ortho nitro benzene ring substituents is 2. The Bertz CT molecular complexity index is 1110. The van der Waals surface area contributed by atoms with E-state index < -0.39 is 40.3 Å². The molecule has 37 heavy (non-hydrogen) atoms. The number of nitro groups is 2. The number of ether oxygens (including phenoxy) is 2. The zero-order valence-corrected chi connectivity index (χ0v) is 19.6. The second-order valence-corrected chi connectivity index (χ2v) is 8.37. The SMILES string of the molecule is O=C(NCC[C@@H](O)[C@@H]1C[C@@H](O)CN1C(=O)OCc1ccc([N+](=O)[O-])cc1)OCc1ccc([N+](=O)[O-])cc1. The number of nitrogens with one attached hydrogen (secondary N) is 1. The topological polar surface area (TPSA) is 195 Å². The Morgan fingerprint density at radius 3 is 2.00 bits per heavy atom. The van der Waals surface area contributed by atoms with Crippen molar-refractivity contribution in [2.45, 2.75) is 44.3 Å². The number of carbonyl (C=O) groups is 2. The average Bonchev–Trinajstić information content (AvgIpc) is 3.28. The predicted octanol–water partition coefficient (Wildman–Crippen LogP) is 2.25. The number of hydrogen-bond acceptors (Lipinski definition) is 10. The molecule has 0 aromatic heterocycles. The third-order valence-corrected chi connectivity index (χ3v) is 5.74. The first-order chi connectivity index (χ1) is 17.6. The van der Waals surface area contributed by atoms with Crippen LogP contribution in [0.4, 0.5) is 21.0 Å². The molecule has 3 atom stereocenters. The van der Waals surface area contributed by atoms with Crippen LogP contribution in [0, 0.1) is 20.2 Å². The molecular weight excluding hydrogens is 492 g/mol. The van der Waals surface area contributed by atoms with Gasteiger partial charge >= 0.3 is 12.2 Å².